The van der Waals surface area contributed by atoms with E-state index in [1.54, 1.807) is 11.3 Å². The Morgan fingerprint density at radius 1 is 0.821 bits per heavy atom. The van der Waals surface area contributed by atoms with Gasteiger partial charge in [-0.15, -0.1) is 28.3 Å². The molecule has 0 aliphatic heterocycles. The molecule has 1 heterocycles. The molecular formula is C23H20BrClN2S. The molecule has 0 N–H and O–H groups in total. The molecule has 0 saturated carbocycles. The van der Waals surface area contributed by atoms with Crippen LogP contribution >= 0.6 is 39.9 Å². The largest absolute Gasteiger partial charge is 0.285 e. The van der Waals surface area contributed by atoms with Gasteiger partial charge < -0.3 is 0 Å². The fraction of sp³-hybridized carbons (Fsp3) is 0.0870. The van der Waals surface area contributed by atoms with Crippen LogP contribution in [0.4, 0.5) is 5.69 Å². The van der Waals surface area contributed by atoms with Crippen LogP contribution in [0.1, 0.15) is 11.1 Å². The van der Waals surface area contributed by atoms with Gasteiger partial charge in [0.05, 0.1) is 17.1 Å². The lowest BCUT2D eigenvalue weighted by Gasteiger charge is -2.12. The smallest absolute Gasteiger partial charge is 0.195 e. The topological polar surface area (TPSA) is 17.3 Å². The SMILES string of the molecule is Br.Cc1ccccc1N=c1scc(-c2ccc(Cl)cc2)n1-c1ccccc1C. The van der Waals surface area contributed by atoms with E-state index in [2.05, 4.69) is 72.3 Å². The Bertz CT molecular complexity index is 1160. The van der Waals surface area contributed by atoms with E-state index in [0.29, 0.717) is 0 Å². The number of halogens is 2. The van der Waals surface area contributed by atoms with Crippen LogP contribution < -0.4 is 4.80 Å². The molecule has 4 rings (SSSR count). The fourth-order valence-electron chi connectivity index (χ4n) is 3.05. The number of nitrogens with zero attached hydrogens (tertiary/aromatic N) is 2. The van der Waals surface area contributed by atoms with Crippen LogP contribution in [-0.4, -0.2) is 4.57 Å². The number of hydrogen-bond donors (Lipinski definition) is 0. The predicted octanol–water partition coefficient (Wildman–Crippen LogP) is 7.29. The van der Waals surface area contributed by atoms with Gasteiger partial charge in [-0.05, 0) is 54.8 Å². The Balaban J connectivity index is 0.00000225. The minimum Gasteiger partial charge on any atom is -0.285 e. The molecule has 0 aliphatic carbocycles. The predicted molar refractivity (Wildman–Crippen MR) is 126 cm³/mol. The number of hydrogen-bond acceptors (Lipinski definition) is 2. The van der Waals surface area contributed by atoms with Crippen molar-refractivity contribution in [1.29, 1.82) is 0 Å². The molecule has 2 nitrogen and oxygen atoms in total. The number of aryl methyl sites for hydroxylation is 2. The van der Waals surface area contributed by atoms with Gasteiger partial charge in [0, 0.05) is 10.4 Å². The van der Waals surface area contributed by atoms with E-state index < -0.39 is 0 Å². The van der Waals surface area contributed by atoms with Crippen molar-refractivity contribution in [1.82, 2.24) is 4.57 Å². The normalized spacial score (nSPS) is 11.3. The zero-order valence-electron chi connectivity index (χ0n) is 15.6. The highest BCUT2D eigenvalue weighted by Gasteiger charge is 2.12. The number of thiazole rings is 1. The Labute approximate surface area is 184 Å². The fourth-order valence-corrected chi connectivity index (χ4v) is 4.09. The number of aromatic nitrogens is 1. The summed E-state index contributed by atoms with van der Waals surface area (Å²) >= 11 is 7.73. The third-order valence-electron chi connectivity index (χ3n) is 4.54. The zero-order valence-corrected chi connectivity index (χ0v) is 18.9. The van der Waals surface area contributed by atoms with Gasteiger partial charge in [0.15, 0.2) is 4.80 Å². The van der Waals surface area contributed by atoms with Crippen LogP contribution in [0.5, 0.6) is 0 Å². The maximum Gasteiger partial charge on any atom is 0.195 e. The number of rotatable bonds is 3. The first kappa shape index (κ1) is 20.6. The summed E-state index contributed by atoms with van der Waals surface area (Å²) in [5.41, 5.74) is 6.72. The molecule has 28 heavy (non-hydrogen) atoms. The highest BCUT2D eigenvalue weighted by Crippen LogP contribution is 2.27. The van der Waals surface area contributed by atoms with Crippen molar-refractivity contribution >= 4 is 45.6 Å². The average Bonchev–Trinajstić information content (AvgIpc) is 3.08. The third kappa shape index (κ3) is 4.14. The van der Waals surface area contributed by atoms with Gasteiger partial charge in [0.1, 0.15) is 0 Å². The molecule has 142 valence electrons. The Kier molecular flexibility index (Phi) is 6.55. The number of para-hydroxylation sites is 2. The van der Waals surface area contributed by atoms with E-state index >= 15 is 0 Å². The van der Waals surface area contributed by atoms with Gasteiger partial charge >= 0.3 is 0 Å². The van der Waals surface area contributed by atoms with Gasteiger partial charge in [0.25, 0.3) is 0 Å². The van der Waals surface area contributed by atoms with Crippen molar-refractivity contribution in [3.63, 3.8) is 0 Å². The first-order valence-corrected chi connectivity index (χ1v) is 10.0. The van der Waals surface area contributed by atoms with E-state index in [0.717, 1.165) is 38.0 Å². The van der Waals surface area contributed by atoms with Crippen LogP contribution in [0.2, 0.25) is 5.02 Å². The summed E-state index contributed by atoms with van der Waals surface area (Å²) in [5, 5.41) is 2.90. The van der Waals surface area contributed by atoms with Crippen molar-refractivity contribution in [3.8, 4) is 16.9 Å². The molecule has 0 unspecified atom stereocenters. The van der Waals surface area contributed by atoms with E-state index in [1.807, 2.05) is 24.3 Å². The third-order valence-corrected chi connectivity index (χ3v) is 5.61. The lowest BCUT2D eigenvalue weighted by molar-refractivity contribution is 0.998. The lowest BCUT2D eigenvalue weighted by Crippen LogP contribution is -2.14. The average molecular weight is 472 g/mol. The summed E-state index contributed by atoms with van der Waals surface area (Å²) in [6, 6.07) is 24.6. The highest BCUT2D eigenvalue weighted by atomic mass is 79.9. The summed E-state index contributed by atoms with van der Waals surface area (Å²) in [5.74, 6) is 0. The summed E-state index contributed by atoms with van der Waals surface area (Å²) in [6.45, 7) is 4.22. The molecule has 0 atom stereocenters. The minimum absolute atomic E-state index is 0. The van der Waals surface area contributed by atoms with E-state index in [9.17, 15) is 0 Å². The molecule has 0 radical (unpaired) electrons. The van der Waals surface area contributed by atoms with E-state index in [4.69, 9.17) is 16.6 Å². The van der Waals surface area contributed by atoms with Crippen LogP contribution in [-0.2, 0) is 0 Å². The minimum atomic E-state index is 0. The van der Waals surface area contributed by atoms with Gasteiger partial charge in [-0.1, -0.05) is 60.1 Å². The van der Waals surface area contributed by atoms with Crippen LogP contribution in [0, 0.1) is 13.8 Å². The summed E-state index contributed by atoms with van der Waals surface area (Å²) < 4.78 is 2.23. The highest BCUT2D eigenvalue weighted by molar-refractivity contribution is 8.93. The first-order valence-electron chi connectivity index (χ1n) is 8.76. The molecule has 0 saturated heterocycles. The van der Waals surface area contributed by atoms with Gasteiger partial charge in [0.2, 0.25) is 0 Å². The quantitative estimate of drug-likeness (QED) is 0.298. The molecule has 0 spiro atoms. The van der Waals surface area contributed by atoms with Crippen molar-refractivity contribution in [2.24, 2.45) is 4.99 Å². The van der Waals surface area contributed by atoms with Gasteiger partial charge in [-0.2, -0.15) is 0 Å². The Morgan fingerprint density at radius 3 is 2.14 bits per heavy atom. The van der Waals surface area contributed by atoms with Gasteiger partial charge in [-0.25, -0.2) is 4.99 Å². The van der Waals surface area contributed by atoms with Crippen LogP contribution in [0.25, 0.3) is 16.9 Å². The standard InChI is InChI=1S/C23H19ClN2S.BrH/c1-16-7-3-5-9-20(16)25-23-26(21-10-6-4-8-17(21)2)22(15-27-23)18-11-13-19(24)14-12-18;/h3-15H,1-2H3;1H. The molecule has 5 heteroatoms. The van der Waals surface area contributed by atoms with Crippen molar-refractivity contribution < 1.29 is 0 Å². The molecule has 3 aromatic carbocycles. The second-order valence-electron chi connectivity index (χ2n) is 6.43. The second kappa shape index (κ2) is 8.91. The van der Waals surface area contributed by atoms with Crippen molar-refractivity contribution in [3.05, 3.63) is 99.1 Å². The molecule has 4 aromatic rings. The Morgan fingerprint density at radius 2 is 1.46 bits per heavy atom. The second-order valence-corrected chi connectivity index (χ2v) is 7.70. The van der Waals surface area contributed by atoms with Crippen LogP contribution in [0.15, 0.2) is 83.2 Å². The lowest BCUT2D eigenvalue weighted by atomic mass is 10.1. The number of benzene rings is 3. The molecule has 0 bridgehead atoms. The van der Waals surface area contributed by atoms with Crippen molar-refractivity contribution in [2.75, 3.05) is 0 Å². The molecular weight excluding hydrogens is 452 g/mol. The maximum absolute atomic E-state index is 6.09. The molecule has 1 aromatic heterocycles. The summed E-state index contributed by atoms with van der Waals surface area (Å²) in [6.07, 6.45) is 0. The Hall–Kier alpha value is -2.14. The van der Waals surface area contributed by atoms with E-state index in [1.165, 1.54) is 5.56 Å². The molecule has 0 amide bonds. The summed E-state index contributed by atoms with van der Waals surface area (Å²) in [4.78, 5) is 5.92. The van der Waals surface area contributed by atoms with Gasteiger partial charge in [-0.3, -0.25) is 4.57 Å². The monoisotopic (exact) mass is 470 g/mol. The summed E-state index contributed by atoms with van der Waals surface area (Å²) in [7, 11) is 0. The van der Waals surface area contributed by atoms with Crippen LogP contribution in [0.3, 0.4) is 0 Å². The van der Waals surface area contributed by atoms with Crippen molar-refractivity contribution in [2.45, 2.75) is 13.8 Å². The molecule has 0 fully saturated rings. The first-order chi connectivity index (χ1) is 13.1. The van der Waals surface area contributed by atoms with E-state index in [-0.39, 0.29) is 17.0 Å². The molecule has 0 aliphatic rings. The zero-order chi connectivity index (χ0) is 18.8. The maximum atomic E-state index is 6.09.